The van der Waals surface area contributed by atoms with Crippen LogP contribution in [0.3, 0.4) is 0 Å². The minimum atomic E-state index is 0.169. The number of likely N-dealkylation sites (N-methyl/N-ethyl adjacent to an activating group) is 1. The van der Waals surface area contributed by atoms with Crippen molar-refractivity contribution in [3.8, 4) is 0 Å². The molecule has 1 aromatic heterocycles. The number of rotatable bonds is 8. The fraction of sp³-hybridized carbons (Fsp3) is 0.571. The van der Waals surface area contributed by atoms with Crippen LogP contribution < -0.4 is 10.6 Å². The molecule has 2 heterocycles. The lowest BCUT2D eigenvalue weighted by molar-refractivity contribution is 0.177. The van der Waals surface area contributed by atoms with Gasteiger partial charge in [0.05, 0.1) is 19.1 Å². The molecule has 9 heteroatoms. The zero-order valence-electron chi connectivity index (χ0n) is 18.2. The lowest BCUT2D eigenvalue weighted by Gasteiger charge is -2.27. The van der Waals surface area contributed by atoms with Crippen molar-refractivity contribution < 1.29 is 4.74 Å². The molecule has 0 bridgehead atoms. The van der Waals surface area contributed by atoms with Crippen molar-refractivity contribution in [3.05, 3.63) is 46.5 Å². The zero-order valence-corrected chi connectivity index (χ0v) is 19.0. The predicted octanol–water partition coefficient (Wildman–Crippen LogP) is 2.25. The fourth-order valence-electron chi connectivity index (χ4n) is 3.61. The van der Waals surface area contributed by atoms with Gasteiger partial charge < -0.3 is 20.3 Å². The highest BCUT2D eigenvalue weighted by atomic mass is 35.5. The van der Waals surface area contributed by atoms with Crippen molar-refractivity contribution >= 4 is 17.6 Å². The van der Waals surface area contributed by atoms with Crippen molar-refractivity contribution in [1.82, 2.24) is 30.3 Å². The van der Waals surface area contributed by atoms with Crippen LogP contribution in [-0.2, 0) is 24.3 Å². The number of methoxy groups -OCH3 is 1. The van der Waals surface area contributed by atoms with Gasteiger partial charge in [0.25, 0.3) is 0 Å². The fourth-order valence-corrected chi connectivity index (χ4v) is 3.74. The summed E-state index contributed by atoms with van der Waals surface area (Å²) in [5.41, 5.74) is 1.19. The first kappa shape index (κ1) is 22.5. The van der Waals surface area contributed by atoms with Gasteiger partial charge in [-0.05, 0) is 45.1 Å². The van der Waals surface area contributed by atoms with E-state index in [4.69, 9.17) is 21.3 Å². The van der Waals surface area contributed by atoms with Crippen molar-refractivity contribution in [2.75, 3.05) is 34.3 Å². The van der Waals surface area contributed by atoms with Crippen molar-refractivity contribution in [2.24, 2.45) is 4.99 Å². The molecule has 2 N–H and O–H groups in total. The molecule has 1 aliphatic rings. The van der Waals surface area contributed by atoms with Crippen LogP contribution >= 0.6 is 11.6 Å². The van der Waals surface area contributed by atoms with Crippen molar-refractivity contribution in [3.63, 3.8) is 0 Å². The number of aryl methyl sites for hydroxylation is 1. The van der Waals surface area contributed by atoms with Crippen molar-refractivity contribution in [1.29, 1.82) is 0 Å². The lowest BCUT2D eigenvalue weighted by Crippen LogP contribution is -2.47. The minimum Gasteiger partial charge on any atom is -0.377 e. The number of hydrogen-bond donors (Lipinski definition) is 2. The van der Waals surface area contributed by atoms with Gasteiger partial charge in [-0.1, -0.05) is 23.7 Å². The van der Waals surface area contributed by atoms with E-state index < -0.39 is 0 Å². The molecule has 0 radical (unpaired) electrons. The van der Waals surface area contributed by atoms with E-state index in [2.05, 4.69) is 58.8 Å². The third-order valence-corrected chi connectivity index (χ3v) is 5.41. The maximum atomic E-state index is 6.05. The van der Waals surface area contributed by atoms with Gasteiger partial charge in [-0.3, -0.25) is 4.99 Å². The second-order valence-corrected chi connectivity index (χ2v) is 8.13. The molecule has 0 saturated heterocycles. The molecular weight excluding hydrogens is 402 g/mol. The summed E-state index contributed by atoms with van der Waals surface area (Å²) in [5.74, 6) is 2.59. The largest absolute Gasteiger partial charge is 0.377 e. The quantitative estimate of drug-likeness (QED) is 0.491. The summed E-state index contributed by atoms with van der Waals surface area (Å²) < 4.78 is 7.13. The number of fused-ring (bicyclic) bond motifs is 1. The number of benzene rings is 1. The summed E-state index contributed by atoms with van der Waals surface area (Å²) >= 11 is 6.05. The Hall–Kier alpha value is -2.16. The smallest absolute Gasteiger partial charge is 0.191 e. The monoisotopic (exact) mass is 433 g/mol. The maximum Gasteiger partial charge on any atom is 0.191 e. The molecule has 0 amide bonds. The molecule has 3 rings (SSSR count). The van der Waals surface area contributed by atoms with Crippen molar-refractivity contribution in [2.45, 2.75) is 45.0 Å². The second kappa shape index (κ2) is 10.7. The summed E-state index contributed by atoms with van der Waals surface area (Å²) in [6, 6.07) is 8.40. The molecule has 0 fully saturated rings. The number of aliphatic imine (C=N–C) groups is 1. The Morgan fingerprint density at radius 1 is 1.37 bits per heavy atom. The Balaban J connectivity index is 1.67. The van der Waals surface area contributed by atoms with E-state index in [1.54, 1.807) is 7.11 Å². The Morgan fingerprint density at radius 3 is 2.80 bits per heavy atom. The molecule has 30 heavy (non-hydrogen) atoms. The van der Waals surface area contributed by atoms with Crippen LogP contribution in [0.4, 0.5) is 0 Å². The Bertz CT molecular complexity index is 834. The SMILES string of the molecule is CCNC(=NCC(c1ccc(Cl)cc1)N(C)C)NC1CCc2nc(COC)nn2C1. The van der Waals surface area contributed by atoms with Gasteiger partial charge in [0, 0.05) is 31.1 Å². The lowest BCUT2D eigenvalue weighted by atomic mass is 10.1. The topological polar surface area (TPSA) is 79.6 Å². The summed E-state index contributed by atoms with van der Waals surface area (Å²) in [4.78, 5) is 11.6. The van der Waals surface area contributed by atoms with Gasteiger partial charge >= 0.3 is 0 Å². The number of hydrogen-bond acceptors (Lipinski definition) is 5. The third-order valence-electron chi connectivity index (χ3n) is 5.16. The van der Waals surface area contributed by atoms with E-state index >= 15 is 0 Å². The average molecular weight is 434 g/mol. The summed E-state index contributed by atoms with van der Waals surface area (Å²) in [6.07, 6.45) is 1.88. The Kier molecular flexibility index (Phi) is 8.07. The van der Waals surface area contributed by atoms with Crippen LogP contribution in [0.25, 0.3) is 0 Å². The van der Waals surface area contributed by atoms with Gasteiger partial charge in [0.1, 0.15) is 12.4 Å². The molecule has 2 unspecified atom stereocenters. The summed E-state index contributed by atoms with van der Waals surface area (Å²) in [6.45, 7) is 4.73. The van der Waals surface area contributed by atoms with E-state index in [1.165, 1.54) is 5.56 Å². The summed E-state index contributed by atoms with van der Waals surface area (Å²) in [7, 11) is 5.80. The van der Waals surface area contributed by atoms with Crippen LogP contribution in [0.5, 0.6) is 0 Å². The average Bonchev–Trinajstić information content (AvgIpc) is 3.11. The van der Waals surface area contributed by atoms with Crippen LogP contribution in [0.15, 0.2) is 29.3 Å². The van der Waals surface area contributed by atoms with E-state index in [1.807, 2.05) is 16.8 Å². The van der Waals surface area contributed by atoms with Crippen LogP contribution in [0, 0.1) is 0 Å². The normalized spacial score (nSPS) is 17.7. The molecule has 8 nitrogen and oxygen atoms in total. The third kappa shape index (κ3) is 5.93. The number of ether oxygens (including phenoxy) is 1. The van der Waals surface area contributed by atoms with E-state index in [0.29, 0.717) is 13.2 Å². The van der Waals surface area contributed by atoms with Gasteiger partial charge in [-0.25, -0.2) is 9.67 Å². The molecular formula is C21H32ClN7O. The Morgan fingerprint density at radius 2 is 2.13 bits per heavy atom. The van der Waals surface area contributed by atoms with E-state index in [9.17, 15) is 0 Å². The van der Waals surface area contributed by atoms with Gasteiger partial charge in [-0.15, -0.1) is 0 Å². The van der Waals surface area contributed by atoms with Crippen LogP contribution in [0.2, 0.25) is 5.02 Å². The zero-order chi connectivity index (χ0) is 21.5. The molecule has 0 saturated carbocycles. The first-order chi connectivity index (χ1) is 14.5. The van der Waals surface area contributed by atoms with E-state index in [0.717, 1.165) is 48.6 Å². The van der Waals surface area contributed by atoms with Gasteiger partial charge in [0.2, 0.25) is 0 Å². The highest BCUT2D eigenvalue weighted by molar-refractivity contribution is 6.30. The number of nitrogens with one attached hydrogen (secondary N) is 2. The number of aromatic nitrogens is 3. The molecule has 1 aromatic carbocycles. The molecule has 2 atom stereocenters. The first-order valence-corrected chi connectivity index (χ1v) is 10.8. The second-order valence-electron chi connectivity index (χ2n) is 7.69. The first-order valence-electron chi connectivity index (χ1n) is 10.4. The molecule has 0 aliphatic carbocycles. The molecule has 2 aromatic rings. The molecule has 0 spiro atoms. The number of guanidine groups is 1. The highest BCUT2D eigenvalue weighted by Gasteiger charge is 2.22. The number of halogens is 1. The Labute approximate surface area is 183 Å². The van der Waals surface area contributed by atoms with Crippen LogP contribution in [0.1, 0.15) is 36.6 Å². The number of nitrogens with zero attached hydrogens (tertiary/aromatic N) is 5. The highest BCUT2D eigenvalue weighted by Crippen LogP contribution is 2.21. The predicted molar refractivity (Wildman–Crippen MR) is 120 cm³/mol. The standard InChI is InChI=1S/C21H32ClN7O/c1-5-23-21(24-12-18(28(2)3)15-6-8-16(22)9-7-15)25-17-10-11-20-26-19(14-30-4)27-29(20)13-17/h6-9,17-18H,5,10-14H2,1-4H3,(H2,23,24,25). The maximum absolute atomic E-state index is 6.05. The van der Waals surface area contributed by atoms with Crippen LogP contribution in [-0.4, -0.2) is 66.0 Å². The van der Waals surface area contributed by atoms with Gasteiger partial charge in [0.15, 0.2) is 11.8 Å². The molecule has 1 aliphatic heterocycles. The molecule has 164 valence electrons. The van der Waals surface area contributed by atoms with E-state index in [-0.39, 0.29) is 12.1 Å². The minimum absolute atomic E-state index is 0.169. The summed E-state index contributed by atoms with van der Waals surface area (Å²) in [5, 5.41) is 12.2. The van der Waals surface area contributed by atoms with Gasteiger partial charge in [-0.2, -0.15) is 5.10 Å².